The number of anilines is 1. The van der Waals surface area contributed by atoms with Gasteiger partial charge in [0, 0.05) is 18.1 Å². The Morgan fingerprint density at radius 1 is 1.27 bits per heavy atom. The number of aromatic amines is 1. The number of likely N-dealkylation sites (tertiary alicyclic amines) is 1. The smallest absolute Gasteiger partial charge is 0.412 e. The molecule has 3 heterocycles. The van der Waals surface area contributed by atoms with Crippen molar-refractivity contribution < 1.29 is 9.53 Å². The summed E-state index contributed by atoms with van der Waals surface area (Å²) in [6.45, 7) is 8.22. The first-order chi connectivity index (χ1) is 14.6. The molecule has 0 bridgehead atoms. The van der Waals surface area contributed by atoms with Gasteiger partial charge in [-0.15, -0.1) is 0 Å². The van der Waals surface area contributed by atoms with Crippen molar-refractivity contribution in [3.8, 4) is 0 Å². The number of carbonyl (C=O) groups is 1. The molecule has 0 spiro atoms. The molecular formula is C24H30N4O2. The summed E-state index contributed by atoms with van der Waals surface area (Å²) in [4.78, 5) is 22.5. The van der Waals surface area contributed by atoms with E-state index >= 15 is 0 Å². The number of hydrogen-bond donors (Lipinski definition) is 2. The molecule has 1 amide bonds. The van der Waals surface area contributed by atoms with Gasteiger partial charge in [-0.3, -0.25) is 5.32 Å². The quantitative estimate of drug-likeness (QED) is 0.594. The van der Waals surface area contributed by atoms with E-state index in [1.165, 1.54) is 12.1 Å². The van der Waals surface area contributed by atoms with Crippen LogP contribution in [-0.2, 0) is 11.3 Å². The first-order valence-electron chi connectivity index (χ1n) is 10.8. The second-order valence-corrected chi connectivity index (χ2v) is 8.52. The number of fused-ring (bicyclic) bond motifs is 1. The van der Waals surface area contributed by atoms with Gasteiger partial charge >= 0.3 is 6.09 Å². The van der Waals surface area contributed by atoms with Crippen LogP contribution in [0.3, 0.4) is 0 Å². The van der Waals surface area contributed by atoms with Gasteiger partial charge in [0.2, 0.25) is 0 Å². The van der Waals surface area contributed by atoms with Gasteiger partial charge in [0.05, 0.1) is 11.9 Å². The van der Waals surface area contributed by atoms with Crippen molar-refractivity contribution in [2.45, 2.75) is 39.2 Å². The van der Waals surface area contributed by atoms with Crippen LogP contribution in [0.4, 0.5) is 10.5 Å². The first kappa shape index (κ1) is 20.4. The van der Waals surface area contributed by atoms with Crippen LogP contribution in [-0.4, -0.2) is 40.6 Å². The van der Waals surface area contributed by atoms with Gasteiger partial charge in [0.1, 0.15) is 12.3 Å². The molecule has 1 saturated heterocycles. The monoisotopic (exact) mass is 406 g/mol. The molecular weight excluding hydrogens is 376 g/mol. The molecule has 1 aliphatic rings. The molecule has 0 unspecified atom stereocenters. The lowest BCUT2D eigenvalue weighted by Crippen LogP contribution is -2.35. The normalized spacial score (nSPS) is 15.6. The van der Waals surface area contributed by atoms with E-state index in [-0.39, 0.29) is 6.61 Å². The van der Waals surface area contributed by atoms with Crippen LogP contribution < -0.4 is 5.32 Å². The number of amides is 1. The predicted octanol–water partition coefficient (Wildman–Crippen LogP) is 5.15. The van der Waals surface area contributed by atoms with E-state index in [0.29, 0.717) is 17.5 Å². The van der Waals surface area contributed by atoms with E-state index in [2.05, 4.69) is 40.2 Å². The molecule has 0 atom stereocenters. The molecule has 3 aromatic rings. The Balaban J connectivity index is 1.40. The van der Waals surface area contributed by atoms with Gasteiger partial charge in [0.15, 0.2) is 0 Å². The number of nitrogens with one attached hydrogen (secondary N) is 2. The fraction of sp³-hybridized carbons (Fsp3) is 0.417. The van der Waals surface area contributed by atoms with E-state index < -0.39 is 6.09 Å². The number of carbonyl (C=O) groups excluding carboxylic acids is 1. The van der Waals surface area contributed by atoms with E-state index in [4.69, 9.17) is 4.74 Å². The Bertz CT molecular complexity index is 975. The molecule has 0 saturated carbocycles. The lowest BCUT2D eigenvalue weighted by Gasteiger charge is -2.32. The average molecular weight is 407 g/mol. The summed E-state index contributed by atoms with van der Waals surface area (Å²) in [5.74, 6) is 1.22. The minimum Gasteiger partial charge on any atom is -0.444 e. The third-order valence-corrected chi connectivity index (χ3v) is 5.67. The number of hydrogen-bond acceptors (Lipinski definition) is 4. The van der Waals surface area contributed by atoms with Crippen molar-refractivity contribution in [1.82, 2.24) is 14.9 Å². The van der Waals surface area contributed by atoms with Gasteiger partial charge < -0.3 is 14.6 Å². The molecule has 1 aromatic carbocycles. The zero-order valence-electron chi connectivity index (χ0n) is 17.7. The van der Waals surface area contributed by atoms with Crippen molar-refractivity contribution in [2.24, 2.45) is 5.92 Å². The molecule has 6 heteroatoms. The molecule has 158 valence electrons. The molecule has 30 heavy (non-hydrogen) atoms. The van der Waals surface area contributed by atoms with E-state index in [9.17, 15) is 4.79 Å². The maximum atomic E-state index is 12.2. The Labute approximate surface area is 177 Å². The van der Waals surface area contributed by atoms with Crippen molar-refractivity contribution >= 4 is 22.8 Å². The Morgan fingerprint density at radius 3 is 2.77 bits per heavy atom. The number of benzene rings is 1. The summed E-state index contributed by atoms with van der Waals surface area (Å²) in [6, 6.07) is 11.6. The zero-order valence-corrected chi connectivity index (χ0v) is 17.7. The maximum Gasteiger partial charge on any atom is 0.412 e. The Kier molecular flexibility index (Phi) is 6.33. The number of nitrogens with zero attached hydrogens (tertiary/aromatic N) is 2. The van der Waals surface area contributed by atoms with E-state index in [1.807, 2.05) is 36.4 Å². The summed E-state index contributed by atoms with van der Waals surface area (Å²) >= 11 is 0. The lowest BCUT2D eigenvalue weighted by molar-refractivity contribution is 0.155. The van der Waals surface area contributed by atoms with Crippen LogP contribution in [0.25, 0.3) is 11.0 Å². The van der Waals surface area contributed by atoms with Crippen molar-refractivity contribution in [3.63, 3.8) is 0 Å². The fourth-order valence-electron chi connectivity index (χ4n) is 4.25. The second kappa shape index (κ2) is 9.30. The highest BCUT2D eigenvalue weighted by Gasteiger charge is 2.23. The molecule has 2 aromatic heterocycles. The average Bonchev–Trinajstić information content (AvgIpc) is 3.16. The van der Waals surface area contributed by atoms with Gasteiger partial charge in [0.25, 0.3) is 0 Å². The SMILES string of the molecule is CC(C)CN1CCC(c2c[nH]c3ncc(NC(=O)OCc4ccccc4)cc23)CC1. The Morgan fingerprint density at radius 2 is 2.03 bits per heavy atom. The number of aromatic nitrogens is 2. The molecule has 1 aliphatic heterocycles. The molecule has 2 N–H and O–H groups in total. The van der Waals surface area contributed by atoms with Crippen LogP contribution in [0.1, 0.15) is 43.7 Å². The summed E-state index contributed by atoms with van der Waals surface area (Å²) in [6.07, 6.45) is 5.57. The largest absolute Gasteiger partial charge is 0.444 e. The molecule has 1 fully saturated rings. The highest BCUT2D eigenvalue weighted by atomic mass is 16.5. The van der Waals surface area contributed by atoms with Gasteiger partial charge in [-0.2, -0.15) is 0 Å². The number of H-pyrrole nitrogens is 1. The van der Waals surface area contributed by atoms with Crippen molar-refractivity contribution in [1.29, 1.82) is 0 Å². The minimum absolute atomic E-state index is 0.243. The topological polar surface area (TPSA) is 70.2 Å². The summed E-state index contributed by atoms with van der Waals surface area (Å²) in [7, 11) is 0. The van der Waals surface area contributed by atoms with Gasteiger partial charge in [-0.05, 0) is 55.0 Å². The van der Waals surface area contributed by atoms with Crippen LogP contribution in [0.5, 0.6) is 0 Å². The van der Waals surface area contributed by atoms with Crippen LogP contribution in [0, 0.1) is 5.92 Å². The minimum atomic E-state index is -0.473. The number of rotatable bonds is 6. The molecule has 6 nitrogen and oxygen atoms in total. The van der Waals surface area contributed by atoms with Crippen LogP contribution in [0.2, 0.25) is 0 Å². The third kappa shape index (κ3) is 5.00. The van der Waals surface area contributed by atoms with Gasteiger partial charge in [-0.25, -0.2) is 9.78 Å². The summed E-state index contributed by atoms with van der Waals surface area (Å²) in [5.41, 5.74) is 3.76. The molecule has 0 aliphatic carbocycles. The summed E-state index contributed by atoms with van der Waals surface area (Å²) in [5, 5.41) is 3.89. The number of pyridine rings is 1. The standard InChI is InChI=1S/C24H30N4O2/c1-17(2)15-28-10-8-19(9-11-28)22-14-26-23-21(22)12-20(13-25-23)27-24(29)30-16-18-6-4-3-5-7-18/h3-7,12-14,17,19H,8-11,15-16H2,1-2H3,(H,25,26)(H,27,29). The summed E-state index contributed by atoms with van der Waals surface area (Å²) < 4.78 is 5.32. The highest BCUT2D eigenvalue weighted by Crippen LogP contribution is 2.33. The van der Waals surface area contributed by atoms with E-state index in [1.54, 1.807) is 6.20 Å². The molecule has 4 rings (SSSR count). The second-order valence-electron chi connectivity index (χ2n) is 8.52. The fourth-order valence-corrected chi connectivity index (χ4v) is 4.25. The van der Waals surface area contributed by atoms with Crippen molar-refractivity contribution in [3.05, 3.63) is 59.9 Å². The predicted molar refractivity (Wildman–Crippen MR) is 120 cm³/mol. The van der Waals surface area contributed by atoms with Crippen molar-refractivity contribution in [2.75, 3.05) is 25.0 Å². The molecule has 0 radical (unpaired) electrons. The lowest BCUT2D eigenvalue weighted by atomic mass is 9.89. The number of piperidine rings is 1. The zero-order chi connectivity index (χ0) is 20.9. The van der Waals surface area contributed by atoms with E-state index in [0.717, 1.165) is 42.5 Å². The van der Waals surface area contributed by atoms with Crippen LogP contribution in [0.15, 0.2) is 48.8 Å². The van der Waals surface area contributed by atoms with Crippen LogP contribution >= 0.6 is 0 Å². The number of ether oxygens (including phenoxy) is 1. The Hall–Kier alpha value is -2.86. The third-order valence-electron chi connectivity index (χ3n) is 5.67. The first-order valence-corrected chi connectivity index (χ1v) is 10.8. The highest BCUT2D eigenvalue weighted by molar-refractivity contribution is 5.89. The maximum absolute atomic E-state index is 12.2. The van der Waals surface area contributed by atoms with Gasteiger partial charge in [-0.1, -0.05) is 44.2 Å².